The Morgan fingerprint density at radius 2 is 1.77 bits per heavy atom. The number of hydrogen-bond donors (Lipinski definition) is 1. The van der Waals surface area contributed by atoms with E-state index in [4.69, 9.17) is 23.7 Å². The van der Waals surface area contributed by atoms with Gasteiger partial charge in [-0.1, -0.05) is 42.5 Å². The minimum atomic E-state index is 0.136. The number of ether oxygens (including phenoxy) is 5. The number of rotatable bonds is 16. The number of para-hydroxylation sites is 1. The summed E-state index contributed by atoms with van der Waals surface area (Å²) in [6, 6.07) is 23.6. The first-order chi connectivity index (χ1) is 21.7. The maximum atomic E-state index is 6.62. The Hall–Kier alpha value is -3.10. The molecule has 0 amide bonds. The van der Waals surface area contributed by atoms with Crippen molar-refractivity contribution in [1.29, 1.82) is 0 Å². The minimum absolute atomic E-state index is 0.136. The fourth-order valence-corrected chi connectivity index (χ4v) is 6.85. The second-order valence-electron chi connectivity index (χ2n) is 12.5. The zero-order valence-electron chi connectivity index (χ0n) is 26.4. The van der Waals surface area contributed by atoms with Crippen LogP contribution in [0.4, 0.5) is 5.69 Å². The van der Waals surface area contributed by atoms with E-state index >= 15 is 0 Å². The monoisotopic (exact) mass is 600 g/mol. The first-order valence-corrected chi connectivity index (χ1v) is 16.3. The molecule has 2 heterocycles. The van der Waals surface area contributed by atoms with E-state index in [-0.39, 0.29) is 6.10 Å². The summed E-state index contributed by atoms with van der Waals surface area (Å²) in [6.45, 7) is 7.34. The third-order valence-electron chi connectivity index (χ3n) is 9.45. The second kappa shape index (κ2) is 14.8. The summed E-state index contributed by atoms with van der Waals surface area (Å²) in [5.41, 5.74) is 7.00. The van der Waals surface area contributed by atoms with Gasteiger partial charge in [-0.05, 0) is 73.2 Å². The Morgan fingerprint density at radius 1 is 0.909 bits per heavy atom. The fourth-order valence-electron chi connectivity index (χ4n) is 6.85. The lowest BCUT2D eigenvalue weighted by Gasteiger charge is -2.32. The number of nitrogens with one attached hydrogen (secondary N) is 1. The molecule has 3 aromatic rings. The number of piperidine rings is 1. The maximum absolute atomic E-state index is 6.62. The third-order valence-corrected chi connectivity index (χ3v) is 9.45. The van der Waals surface area contributed by atoms with Crippen molar-refractivity contribution in [2.75, 3.05) is 65.1 Å². The first-order valence-electron chi connectivity index (χ1n) is 16.3. The molecule has 3 aliphatic rings. The van der Waals surface area contributed by atoms with E-state index < -0.39 is 0 Å². The van der Waals surface area contributed by atoms with Crippen molar-refractivity contribution >= 4 is 5.69 Å². The number of nitrogens with zero attached hydrogens (tertiary/aromatic N) is 1. The van der Waals surface area contributed by atoms with Crippen LogP contribution in [0.25, 0.3) is 0 Å². The molecule has 1 saturated heterocycles. The summed E-state index contributed by atoms with van der Waals surface area (Å²) < 4.78 is 29.2. The molecule has 1 N–H and O–H groups in total. The molecule has 0 unspecified atom stereocenters. The minimum Gasteiger partial charge on any atom is -0.496 e. The number of anilines is 1. The molecule has 3 aromatic carbocycles. The SMILES string of the molecule is COCCCN1CC2(CC2)c2ccc(CO[C@H]3CNCC[C@@H]3c3ccc(OCCCOCc4ccccc4OC)cc3)cc21. The van der Waals surface area contributed by atoms with Crippen LogP contribution in [0.5, 0.6) is 11.5 Å². The lowest BCUT2D eigenvalue weighted by atomic mass is 9.87. The smallest absolute Gasteiger partial charge is 0.124 e. The van der Waals surface area contributed by atoms with Gasteiger partial charge in [0.2, 0.25) is 0 Å². The van der Waals surface area contributed by atoms with Crippen molar-refractivity contribution in [2.45, 2.75) is 62.8 Å². The van der Waals surface area contributed by atoms with Gasteiger partial charge in [0.25, 0.3) is 0 Å². The van der Waals surface area contributed by atoms with E-state index in [1.165, 1.54) is 29.7 Å². The molecule has 0 bridgehead atoms. The Labute approximate surface area is 262 Å². The fraction of sp³-hybridized carbons (Fsp3) is 0.514. The highest BCUT2D eigenvalue weighted by atomic mass is 16.5. The molecule has 44 heavy (non-hydrogen) atoms. The van der Waals surface area contributed by atoms with Crippen molar-refractivity contribution in [2.24, 2.45) is 0 Å². The molecule has 6 rings (SSSR count). The van der Waals surface area contributed by atoms with Gasteiger partial charge in [0.15, 0.2) is 0 Å². The van der Waals surface area contributed by atoms with Crippen LogP contribution in [0.2, 0.25) is 0 Å². The number of fused-ring (bicyclic) bond motifs is 2. The van der Waals surface area contributed by atoms with Crippen molar-refractivity contribution < 1.29 is 23.7 Å². The van der Waals surface area contributed by atoms with E-state index in [0.717, 1.165) is 69.1 Å². The van der Waals surface area contributed by atoms with Crippen molar-refractivity contribution in [3.8, 4) is 11.5 Å². The van der Waals surface area contributed by atoms with Crippen LogP contribution < -0.4 is 19.7 Å². The van der Waals surface area contributed by atoms with Gasteiger partial charge in [0.05, 0.1) is 39.6 Å². The van der Waals surface area contributed by atoms with Crippen LogP contribution in [0.3, 0.4) is 0 Å². The molecule has 7 nitrogen and oxygen atoms in total. The molecule has 236 valence electrons. The standard InChI is InChI=1S/C37H48N2O5/c1-40-20-5-19-39-27-37(16-17-37)33-14-9-28(23-34(33)39)25-44-36-24-38-18-15-32(36)29-10-12-31(13-11-29)43-22-6-21-42-26-30-7-3-4-8-35(30)41-2/h3-4,7-14,23,32,36,38H,5-6,15-22,24-27H2,1-2H3/t32-,36+/m1/s1. The van der Waals surface area contributed by atoms with Crippen molar-refractivity contribution in [3.05, 3.63) is 89.0 Å². The van der Waals surface area contributed by atoms with Gasteiger partial charge >= 0.3 is 0 Å². The molecule has 2 aliphatic heterocycles. The van der Waals surface area contributed by atoms with Crippen LogP contribution in [0.1, 0.15) is 60.3 Å². The van der Waals surface area contributed by atoms with Gasteiger partial charge in [0.1, 0.15) is 11.5 Å². The highest BCUT2D eigenvalue weighted by Gasteiger charge is 2.51. The van der Waals surface area contributed by atoms with Crippen molar-refractivity contribution in [1.82, 2.24) is 5.32 Å². The van der Waals surface area contributed by atoms with Crippen LogP contribution in [-0.2, 0) is 32.8 Å². The molecule has 1 aliphatic carbocycles. The van der Waals surface area contributed by atoms with E-state index in [1.807, 2.05) is 24.3 Å². The van der Waals surface area contributed by atoms with Gasteiger partial charge in [-0.2, -0.15) is 0 Å². The number of benzene rings is 3. The van der Waals surface area contributed by atoms with Crippen LogP contribution in [0, 0.1) is 0 Å². The average Bonchev–Trinajstić information content (AvgIpc) is 3.79. The first kappa shape index (κ1) is 30.9. The summed E-state index contributed by atoms with van der Waals surface area (Å²) in [5.74, 6) is 2.12. The molecule has 7 heteroatoms. The molecule has 0 radical (unpaired) electrons. The predicted octanol–water partition coefficient (Wildman–Crippen LogP) is 6.23. The number of hydrogen-bond acceptors (Lipinski definition) is 7. The van der Waals surface area contributed by atoms with E-state index in [1.54, 1.807) is 19.8 Å². The molecular formula is C37H48N2O5. The lowest BCUT2D eigenvalue weighted by molar-refractivity contribution is 0.0106. The molecule has 1 spiro atoms. The Bertz CT molecular complexity index is 1340. The summed E-state index contributed by atoms with van der Waals surface area (Å²) >= 11 is 0. The largest absolute Gasteiger partial charge is 0.496 e. The van der Waals surface area contributed by atoms with E-state index in [2.05, 4.69) is 52.7 Å². The highest BCUT2D eigenvalue weighted by Crippen LogP contribution is 2.56. The van der Waals surface area contributed by atoms with Gasteiger partial charge in [-0.15, -0.1) is 0 Å². The molecule has 2 fully saturated rings. The van der Waals surface area contributed by atoms with Crippen LogP contribution in [-0.4, -0.2) is 66.3 Å². The predicted molar refractivity (Wildman–Crippen MR) is 174 cm³/mol. The van der Waals surface area contributed by atoms with E-state index in [0.29, 0.717) is 37.8 Å². The van der Waals surface area contributed by atoms with Crippen LogP contribution >= 0.6 is 0 Å². The van der Waals surface area contributed by atoms with Crippen LogP contribution in [0.15, 0.2) is 66.7 Å². The summed E-state index contributed by atoms with van der Waals surface area (Å²) in [4.78, 5) is 2.58. The molecular weight excluding hydrogens is 552 g/mol. The summed E-state index contributed by atoms with van der Waals surface area (Å²) in [7, 11) is 3.47. The van der Waals surface area contributed by atoms with E-state index in [9.17, 15) is 0 Å². The topological polar surface area (TPSA) is 61.4 Å². The summed E-state index contributed by atoms with van der Waals surface area (Å²) in [5, 5.41) is 3.55. The van der Waals surface area contributed by atoms with Gasteiger partial charge in [0, 0.05) is 62.4 Å². The van der Waals surface area contributed by atoms with Gasteiger partial charge < -0.3 is 33.9 Å². The second-order valence-corrected chi connectivity index (χ2v) is 12.5. The number of methoxy groups -OCH3 is 2. The Morgan fingerprint density at radius 3 is 2.59 bits per heavy atom. The quantitative estimate of drug-likeness (QED) is 0.196. The zero-order valence-corrected chi connectivity index (χ0v) is 26.4. The highest BCUT2D eigenvalue weighted by molar-refractivity contribution is 5.66. The van der Waals surface area contributed by atoms with Crippen molar-refractivity contribution in [3.63, 3.8) is 0 Å². The molecule has 2 atom stereocenters. The third kappa shape index (κ3) is 7.40. The average molecular weight is 601 g/mol. The normalized spacial score (nSPS) is 20.1. The maximum Gasteiger partial charge on any atom is 0.124 e. The summed E-state index contributed by atoms with van der Waals surface area (Å²) in [6.07, 6.45) is 5.72. The lowest BCUT2D eigenvalue weighted by Crippen LogP contribution is -2.40. The van der Waals surface area contributed by atoms with Gasteiger partial charge in [-0.25, -0.2) is 0 Å². The molecule has 0 aromatic heterocycles. The Balaban J connectivity index is 0.978. The van der Waals surface area contributed by atoms with Gasteiger partial charge in [-0.3, -0.25) is 0 Å². The zero-order chi connectivity index (χ0) is 30.2. The molecule has 1 saturated carbocycles. The Kier molecular flexibility index (Phi) is 10.4.